The van der Waals surface area contributed by atoms with Crippen molar-refractivity contribution in [1.82, 2.24) is 19.7 Å². The molecule has 0 aliphatic carbocycles. The third-order valence-electron chi connectivity index (χ3n) is 2.81. The summed E-state index contributed by atoms with van der Waals surface area (Å²) in [6.45, 7) is 5.58. The topological polar surface area (TPSA) is 55.7 Å². The Labute approximate surface area is 121 Å². The van der Waals surface area contributed by atoms with E-state index in [1.54, 1.807) is 18.4 Å². The minimum atomic E-state index is 0.533. The summed E-state index contributed by atoms with van der Waals surface area (Å²) in [6, 6.07) is 0. The highest BCUT2D eigenvalue weighted by atomic mass is 32.1. The normalized spacial score (nSPS) is 11.1. The molecular formula is C12H18N4OS2. The third-order valence-corrected chi connectivity index (χ3v) is 4.24. The molecule has 2 rings (SSSR count). The molecule has 1 N–H and O–H groups in total. The molecule has 0 saturated carbocycles. The van der Waals surface area contributed by atoms with E-state index >= 15 is 0 Å². The third kappa shape index (κ3) is 3.10. The summed E-state index contributed by atoms with van der Waals surface area (Å²) >= 11 is 6.90. The zero-order valence-corrected chi connectivity index (χ0v) is 13.0. The second-order valence-corrected chi connectivity index (χ2v) is 5.78. The summed E-state index contributed by atoms with van der Waals surface area (Å²) in [5.41, 5.74) is 0.976. The Hall–Kier alpha value is -1.05. The van der Waals surface area contributed by atoms with Gasteiger partial charge in [-0.05, 0) is 25.6 Å². The molecule has 2 aromatic heterocycles. The first-order valence-corrected chi connectivity index (χ1v) is 7.50. The molecule has 2 heterocycles. The predicted molar refractivity (Wildman–Crippen MR) is 78.9 cm³/mol. The van der Waals surface area contributed by atoms with Crippen LogP contribution in [0.15, 0.2) is 0 Å². The zero-order chi connectivity index (χ0) is 13.8. The van der Waals surface area contributed by atoms with Crippen LogP contribution >= 0.6 is 23.6 Å². The van der Waals surface area contributed by atoms with Crippen molar-refractivity contribution in [3.63, 3.8) is 0 Å². The van der Waals surface area contributed by atoms with E-state index in [1.165, 1.54) is 0 Å². The maximum Gasteiger partial charge on any atom is 0.195 e. The summed E-state index contributed by atoms with van der Waals surface area (Å²) in [5.74, 6) is 0.885. The van der Waals surface area contributed by atoms with Crippen LogP contribution in [0.1, 0.15) is 30.5 Å². The highest BCUT2D eigenvalue weighted by molar-refractivity contribution is 7.71. The highest BCUT2D eigenvalue weighted by Gasteiger charge is 2.15. The maximum absolute atomic E-state index is 5.29. The average Bonchev–Trinajstić information content (AvgIpc) is 2.91. The smallest absolute Gasteiger partial charge is 0.195 e. The second kappa shape index (κ2) is 6.40. The van der Waals surface area contributed by atoms with Gasteiger partial charge in [-0.2, -0.15) is 5.10 Å². The van der Waals surface area contributed by atoms with Crippen LogP contribution in [-0.2, 0) is 17.9 Å². The Morgan fingerprint density at radius 2 is 2.26 bits per heavy atom. The van der Waals surface area contributed by atoms with Gasteiger partial charge in [0.1, 0.15) is 5.01 Å². The zero-order valence-electron chi connectivity index (χ0n) is 11.4. The van der Waals surface area contributed by atoms with Gasteiger partial charge in [-0.3, -0.25) is 9.67 Å². The number of ether oxygens (including phenoxy) is 1. The molecule has 0 aliphatic rings. The first-order valence-electron chi connectivity index (χ1n) is 6.28. The molecule has 5 nitrogen and oxygen atoms in total. The van der Waals surface area contributed by atoms with Crippen LogP contribution in [-0.4, -0.2) is 26.9 Å². The van der Waals surface area contributed by atoms with Gasteiger partial charge in [0.05, 0.1) is 17.2 Å². The molecule has 0 spiro atoms. The molecule has 2 aromatic rings. The Morgan fingerprint density at radius 1 is 1.47 bits per heavy atom. The van der Waals surface area contributed by atoms with Crippen LogP contribution in [0.2, 0.25) is 0 Å². The summed E-state index contributed by atoms with van der Waals surface area (Å²) in [6.07, 6.45) is 2.21. The molecule has 0 radical (unpaired) electrons. The summed E-state index contributed by atoms with van der Waals surface area (Å²) in [4.78, 5) is 5.56. The number of thiazole rings is 1. The summed E-state index contributed by atoms with van der Waals surface area (Å²) in [7, 11) is 1.67. The van der Waals surface area contributed by atoms with Gasteiger partial charge in [-0.15, -0.1) is 11.3 Å². The molecule has 0 unspecified atom stereocenters. The van der Waals surface area contributed by atoms with E-state index in [4.69, 9.17) is 17.0 Å². The second-order valence-electron chi connectivity index (χ2n) is 4.31. The quantitative estimate of drug-likeness (QED) is 0.831. The van der Waals surface area contributed by atoms with E-state index in [9.17, 15) is 0 Å². The number of rotatable bonds is 6. The number of unbranched alkanes of at least 4 members (excludes halogenated alkanes) is 1. The Morgan fingerprint density at radius 3 is 2.95 bits per heavy atom. The van der Waals surface area contributed by atoms with E-state index < -0.39 is 0 Å². The van der Waals surface area contributed by atoms with Gasteiger partial charge in [0.15, 0.2) is 10.6 Å². The Bertz CT molecular complexity index is 599. The van der Waals surface area contributed by atoms with Crippen molar-refractivity contribution in [1.29, 1.82) is 0 Å². The summed E-state index contributed by atoms with van der Waals surface area (Å²) < 4.78 is 7.85. The monoisotopic (exact) mass is 298 g/mol. The molecular weight excluding hydrogens is 280 g/mol. The Kier molecular flexibility index (Phi) is 4.84. The SMILES string of the molecule is CCCCn1c(-c2sc(COC)nc2C)n[nH]c1=S. The number of aromatic amines is 1. The van der Waals surface area contributed by atoms with Crippen LogP contribution < -0.4 is 0 Å². The number of aromatic nitrogens is 4. The van der Waals surface area contributed by atoms with E-state index in [-0.39, 0.29) is 0 Å². The summed E-state index contributed by atoms with van der Waals surface area (Å²) in [5, 5.41) is 8.19. The first-order chi connectivity index (χ1) is 9.17. The van der Waals surface area contributed by atoms with Crippen molar-refractivity contribution in [3.8, 4) is 10.7 Å². The van der Waals surface area contributed by atoms with Crippen molar-refractivity contribution in [3.05, 3.63) is 15.5 Å². The fourth-order valence-corrected chi connectivity index (χ4v) is 3.12. The molecule has 7 heteroatoms. The van der Waals surface area contributed by atoms with Crippen LogP contribution in [0, 0.1) is 11.7 Å². The van der Waals surface area contributed by atoms with Crippen LogP contribution in [0.3, 0.4) is 0 Å². The fraction of sp³-hybridized carbons (Fsp3) is 0.583. The predicted octanol–water partition coefficient (Wildman–Crippen LogP) is 3.32. The lowest BCUT2D eigenvalue weighted by Crippen LogP contribution is -2.00. The molecule has 104 valence electrons. The van der Waals surface area contributed by atoms with Gasteiger partial charge in [-0.25, -0.2) is 4.98 Å². The average molecular weight is 298 g/mol. The number of hydrogen-bond acceptors (Lipinski definition) is 5. The standard InChI is InChI=1S/C12H18N4OS2/c1-4-5-6-16-11(14-15-12(16)18)10-8(2)13-9(19-10)7-17-3/h4-7H2,1-3H3,(H,15,18). The largest absolute Gasteiger partial charge is 0.378 e. The van der Waals surface area contributed by atoms with Crippen molar-refractivity contribution < 1.29 is 4.74 Å². The maximum atomic E-state index is 5.29. The molecule has 0 fully saturated rings. The number of methoxy groups -OCH3 is 1. The van der Waals surface area contributed by atoms with Crippen molar-refractivity contribution in [2.24, 2.45) is 0 Å². The van der Waals surface area contributed by atoms with Gasteiger partial charge < -0.3 is 4.74 Å². The van der Waals surface area contributed by atoms with Crippen LogP contribution in [0.4, 0.5) is 0 Å². The van der Waals surface area contributed by atoms with E-state index in [0.717, 1.165) is 40.8 Å². The molecule has 0 aliphatic heterocycles. The highest BCUT2D eigenvalue weighted by Crippen LogP contribution is 2.29. The molecule has 0 atom stereocenters. The molecule has 0 amide bonds. The van der Waals surface area contributed by atoms with Gasteiger partial charge in [-0.1, -0.05) is 13.3 Å². The molecule has 0 aromatic carbocycles. The lowest BCUT2D eigenvalue weighted by molar-refractivity contribution is 0.184. The van der Waals surface area contributed by atoms with E-state index in [1.807, 2.05) is 6.92 Å². The van der Waals surface area contributed by atoms with Gasteiger partial charge >= 0.3 is 0 Å². The minimum absolute atomic E-state index is 0.533. The van der Waals surface area contributed by atoms with Crippen molar-refractivity contribution in [2.75, 3.05) is 7.11 Å². The van der Waals surface area contributed by atoms with E-state index in [0.29, 0.717) is 11.4 Å². The fourth-order valence-electron chi connectivity index (χ4n) is 1.86. The minimum Gasteiger partial charge on any atom is -0.378 e. The number of H-pyrrole nitrogens is 1. The molecule has 0 saturated heterocycles. The van der Waals surface area contributed by atoms with Crippen molar-refractivity contribution in [2.45, 2.75) is 39.8 Å². The number of nitrogens with one attached hydrogen (secondary N) is 1. The lowest BCUT2D eigenvalue weighted by atomic mass is 10.3. The van der Waals surface area contributed by atoms with E-state index in [2.05, 4.69) is 26.7 Å². The lowest BCUT2D eigenvalue weighted by Gasteiger charge is -2.04. The number of aryl methyl sites for hydroxylation is 1. The van der Waals surface area contributed by atoms with Gasteiger partial charge in [0.25, 0.3) is 0 Å². The number of nitrogens with zero attached hydrogens (tertiary/aromatic N) is 3. The molecule has 0 bridgehead atoms. The number of hydrogen-bond donors (Lipinski definition) is 1. The molecule has 19 heavy (non-hydrogen) atoms. The first kappa shape index (κ1) is 14.4. The van der Waals surface area contributed by atoms with Gasteiger partial charge in [0.2, 0.25) is 0 Å². The van der Waals surface area contributed by atoms with Crippen molar-refractivity contribution >= 4 is 23.6 Å². The Balaban J connectivity index is 2.38. The van der Waals surface area contributed by atoms with Crippen LogP contribution in [0.5, 0.6) is 0 Å². The van der Waals surface area contributed by atoms with Gasteiger partial charge in [0, 0.05) is 13.7 Å². The van der Waals surface area contributed by atoms with Crippen LogP contribution in [0.25, 0.3) is 10.7 Å².